The van der Waals surface area contributed by atoms with Crippen molar-refractivity contribution in [3.63, 3.8) is 0 Å². The van der Waals surface area contributed by atoms with E-state index in [1.54, 1.807) is 36.4 Å². The van der Waals surface area contributed by atoms with Crippen molar-refractivity contribution < 1.29 is 18.4 Å². The summed E-state index contributed by atoms with van der Waals surface area (Å²) in [5.74, 6) is -1.01. The molecule has 148 valence electrons. The highest BCUT2D eigenvalue weighted by molar-refractivity contribution is 6.73. The van der Waals surface area contributed by atoms with Crippen LogP contribution < -0.4 is 0 Å². The minimum Gasteiger partial charge on any atom is -0.403 e. The molecule has 0 saturated carbocycles. The van der Waals surface area contributed by atoms with Gasteiger partial charge in [-0.25, -0.2) is 4.39 Å². The van der Waals surface area contributed by atoms with Crippen molar-refractivity contribution in [1.82, 2.24) is 4.90 Å². The van der Waals surface area contributed by atoms with Gasteiger partial charge >= 0.3 is 0 Å². The van der Waals surface area contributed by atoms with E-state index in [0.717, 1.165) is 18.1 Å². The Bertz CT molecular complexity index is 828. The monoisotopic (exact) mass is 399 g/mol. The van der Waals surface area contributed by atoms with E-state index < -0.39 is 20.5 Å². The predicted octanol–water partition coefficient (Wildman–Crippen LogP) is 4.94. The number of β-lactam (4-membered cyclic amide) rings is 1. The van der Waals surface area contributed by atoms with E-state index in [-0.39, 0.29) is 17.6 Å². The van der Waals surface area contributed by atoms with Gasteiger partial charge in [-0.3, -0.25) is 14.5 Å². The van der Waals surface area contributed by atoms with Crippen LogP contribution in [0.25, 0.3) is 0 Å². The van der Waals surface area contributed by atoms with Crippen molar-refractivity contribution in [2.45, 2.75) is 51.0 Å². The summed E-state index contributed by atoms with van der Waals surface area (Å²) in [6.07, 6.45) is -0.690. The fourth-order valence-electron chi connectivity index (χ4n) is 3.78. The fraction of sp³-hybridized carbons (Fsp3) is 0.364. The molecule has 2 aromatic carbocycles. The summed E-state index contributed by atoms with van der Waals surface area (Å²) in [5.41, 5.74) is 1.16. The lowest BCUT2D eigenvalue weighted by Gasteiger charge is -2.48. The second kappa shape index (κ2) is 8.37. The Kier molecular flexibility index (Phi) is 6.10. The van der Waals surface area contributed by atoms with E-state index in [1.807, 2.05) is 6.07 Å². The third-order valence-electron chi connectivity index (χ3n) is 5.81. The molecule has 0 aromatic heterocycles. The third kappa shape index (κ3) is 3.66. The highest BCUT2D eigenvalue weighted by Gasteiger charge is 2.54. The predicted molar refractivity (Wildman–Crippen MR) is 109 cm³/mol. The maximum Gasteiger partial charge on any atom is 0.261 e. The molecule has 0 bridgehead atoms. The smallest absolute Gasteiger partial charge is 0.261 e. The summed E-state index contributed by atoms with van der Waals surface area (Å²) in [6.45, 7) is 6.30. The number of carbonyl (C=O) groups excluding carboxylic acids is 2. The standard InChI is InChI=1S/C22H26FNO3Si/c1-4-28(5-2,6-3)27-20-19(16-12-14-18(23)15-13-16)24(22(20)26)21(25)17-10-8-7-9-11-17/h7-15,19-20H,4-6H2,1-3H3/t19-,20+/m0/s1. The first-order valence-electron chi connectivity index (χ1n) is 9.82. The van der Waals surface area contributed by atoms with Gasteiger partial charge in [0.25, 0.3) is 11.8 Å². The average molecular weight is 400 g/mol. The Hall–Kier alpha value is -2.31. The Morgan fingerprint density at radius 3 is 2.11 bits per heavy atom. The Balaban J connectivity index is 1.95. The lowest BCUT2D eigenvalue weighted by molar-refractivity contribution is -0.158. The van der Waals surface area contributed by atoms with Gasteiger partial charge in [0.2, 0.25) is 0 Å². The molecule has 0 unspecified atom stereocenters. The molecule has 1 heterocycles. The van der Waals surface area contributed by atoms with Gasteiger partial charge in [0.1, 0.15) is 5.82 Å². The van der Waals surface area contributed by atoms with E-state index in [0.29, 0.717) is 11.1 Å². The van der Waals surface area contributed by atoms with Gasteiger partial charge in [-0.1, -0.05) is 51.1 Å². The van der Waals surface area contributed by atoms with Gasteiger partial charge in [-0.05, 0) is 48.0 Å². The van der Waals surface area contributed by atoms with E-state index in [9.17, 15) is 14.0 Å². The number of benzene rings is 2. The molecule has 28 heavy (non-hydrogen) atoms. The zero-order valence-electron chi connectivity index (χ0n) is 16.5. The number of nitrogens with zero attached hydrogens (tertiary/aromatic N) is 1. The number of carbonyl (C=O) groups is 2. The molecule has 1 saturated heterocycles. The van der Waals surface area contributed by atoms with Gasteiger partial charge in [-0.2, -0.15) is 0 Å². The third-order valence-corrected chi connectivity index (χ3v) is 10.4. The number of amides is 2. The number of imide groups is 1. The molecule has 1 aliphatic rings. The van der Waals surface area contributed by atoms with E-state index >= 15 is 0 Å². The molecule has 2 aromatic rings. The summed E-state index contributed by atoms with van der Waals surface area (Å²) in [7, 11) is -2.05. The van der Waals surface area contributed by atoms with Crippen LogP contribution in [0.1, 0.15) is 42.7 Å². The van der Waals surface area contributed by atoms with Crippen LogP contribution in [0.15, 0.2) is 54.6 Å². The van der Waals surface area contributed by atoms with Crippen LogP contribution in [0.2, 0.25) is 18.1 Å². The number of hydrogen-bond acceptors (Lipinski definition) is 3. The molecule has 0 spiro atoms. The van der Waals surface area contributed by atoms with E-state index in [1.165, 1.54) is 17.0 Å². The lowest BCUT2D eigenvalue weighted by Crippen LogP contribution is -2.64. The highest BCUT2D eigenvalue weighted by Crippen LogP contribution is 2.41. The largest absolute Gasteiger partial charge is 0.403 e. The number of likely N-dealkylation sites (tertiary alicyclic amines) is 1. The zero-order valence-corrected chi connectivity index (χ0v) is 17.5. The number of halogens is 1. The Morgan fingerprint density at radius 1 is 1.00 bits per heavy atom. The summed E-state index contributed by atoms with van der Waals surface area (Å²) in [5, 5.41) is 0. The molecule has 6 heteroatoms. The van der Waals surface area contributed by atoms with Crippen molar-refractivity contribution in [2.24, 2.45) is 0 Å². The Labute approximate surface area is 166 Å². The van der Waals surface area contributed by atoms with Crippen LogP contribution in [0.3, 0.4) is 0 Å². The van der Waals surface area contributed by atoms with Gasteiger partial charge in [0, 0.05) is 5.56 Å². The van der Waals surface area contributed by atoms with Crippen molar-refractivity contribution in [1.29, 1.82) is 0 Å². The average Bonchev–Trinajstić information content (AvgIpc) is 2.74. The van der Waals surface area contributed by atoms with Crippen LogP contribution in [-0.2, 0) is 9.22 Å². The molecule has 2 amide bonds. The molecule has 0 N–H and O–H groups in total. The molecule has 1 aliphatic heterocycles. The summed E-state index contributed by atoms with van der Waals surface area (Å²) < 4.78 is 19.9. The van der Waals surface area contributed by atoms with E-state index in [2.05, 4.69) is 20.8 Å². The Morgan fingerprint density at radius 2 is 1.57 bits per heavy atom. The van der Waals surface area contributed by atoms with Crippen LogP contribution >= 0.6 is 0 Å². The van der Waals surface area contributed by atoms with Crippen LogP contribution in [0.4, 0.5) is 4.39 Å². The van der Waals surface area contributed by atoms with Gasteiger partial charge in [-0.15, -0.1) is 0 Å². The van der Waals surface area contributed by atoms with Crippen molar-refractivity contribution >= 4 is 20.1 Å². The maximum absolute atomic E-state index is 13.4. The van der Waals surface area contributed by atoms with Crippen LogP contribution in [-0.4, -0.2) is 31.1 Å². The lowest BCUT2D eigenvalue weighted by atomic mass is 9.90. The van der Waals surface area contributed by atoms with Gasteiger partial charge in [0.15, 0.2) is 14.4 Å². The first-order valence-corrected chi connectivity index (χ1v) is 12.3. The van der Waals surface area contributed by atoms with E-state index in [4.69, 9.17) is 4.43 Å². The topological polar surface area (TPSA) is 46.6 Å². The minimum absolute atomic E-state index is 0.310. The summed E-state index contributed by atoms with van der Waals surface area (Å²) >= 11 is 0. The normalized spacial score (nSPS) is 19.4. The quantitative estimate of drug-likeness (QED) is 0.376. The molecule has 0 radical (unpaired) electrons. The summed E-state index contributed by atoms with van der Waals surface area (Å²) in [6, 6.07) is 16.9. The summed E-state index contributed by atoms with van der Waals surface area (Å²) in [4.78, 5) is 27.2. The minimum atomic E-state index is -2.05. The zero-order chi connectivity index (χ0) is 20.3. The molecular formula is C22H26FNO3Si. The van der Waals surface area contributed by atoms with Gasteiger partial charge < -0.3 is 4.43 Å². The fourth-order valence-corrected chi connectivity index (χ4v) is 6.55. The molecule has 1 fully saturated rings. The highest BCUT2D eigenvalue weighted by atomic mass is 28.4. The molecule has 0 aliphatic carbocycles. The number of hydrogen-bond donors (Lipinski definition) is 0. The van der Waals surface area contributed by atoms with Crippen molar-refractivity contribution in [3.8, 4) is 0 Å². The SMILES string of the molecule is CC[Si](CC)(CC)O[C@H]1C(=O)N(C(=O)c2ccccc2)[C@H]1c1ccc(F)cc1. The molecular weight excluding hydrogens is 373 g/mol. The van der Waals surface area contributed by atoms with Crippen molar-refractivity contribution in [2.75, 3.05) is 0 Å². The molecule has 4 nitrogen and oxygen atoms in total. The maximum atomic E-state index is 13.4. The second-order valence-electron chi connectivity index (χ2n) is 7.16. The molecule has 3 rings (SSSR count). The first-order chi connectivity index (χ1) is 13.5. The van der Waals surface area contributed by atoms with Crippen LogP contribution in [0.5, 0.6) is 0 Å². The first kappa shape index (κ1) is 20.4. The number of rotatable bonds is 7. The second-order valence-corrected chi connectivity index (χ2v) is 11.9. The van der Waals surface area contributed by atoms with Gasteiger partial charge in [0.05, 0.1) is 6.04 Å². The molecule has 2 atom stereocenters. The van der Waals surface area contributed by atoms with Crippen molar-refractivity contribution in [3.05, 3.63) is 71.5 Å². The van der Waals surface area contributed by atoms with Crippen LogP contribution in [0, 0.1) is 5.82 Å².